The van der Waals surface area contributed by atoms with Crippen molar-refractivity contribution in [1.29, 1.82) is 0 Å². The van der Waals surface area contributed by atoms with Crippen molar-refractivity contribution in [2.75, 3.05) is 6.61 Å². The summed E-state index contributed by atoms with van der Waals surface area (Å²) in [7, 11) is 0. The molecule has 2 nitrogen and oxygen atoms in total. The summed E-state index contributed by atoms with van der Waals surface area (Å²) in [5.74, 6) is 2.02. The van der Waals surface area contributed by atoms with Gasteiger partial charge in [0.15, 0.2) is 0 Å². The Balaban J connectivity index is 2.29. The van der Waals surface area contributed by atoms with Crippen molar-refractivity contribution in [1.82, 2.24) is 0 Å². The van der Waals surface area contributed by atoms with Crippen LogP contribution in [0.3, 0.4) is 0 Å². The molecule has 0 spiro atoms. The quantitative estimate of drug-likeness (QED) is 0.877. The second-order valence-electron chi connectivity index (χ2n) is 4.08. The number of ether oxygens (including phenoxy) is 1. The molecular formula is C13H19NOS. The fraction of sp³-hybridized carbons (Fsp3) is 0.538. The van der Waals surface area contributed by atoms with E-state index in [2.05, 4.69) is 19.1 Å². The third-order valence-electron chi connectivity index (χ3n) is 3.04. The Bertz CT molecular complexity index is 367. The minimum atomic E-state index is 0.152. The molecule has 0 saturated carbocycles. The van der Waals surface area contributed by atoms with E-state index in [4.69, 9.17) is 10.5 Å². The van der Waals surface area contributed by atoms with Crippen LogP contribution in [0.25, 0.3) is 0 Å². The summed E-state index contributed by atoms with van der Waals surface area (Å²) in [6, 6.07) is 6.46. The molecule has 2 unspecified atom stereocenters. The highest BCUT2D eigenvalue weighted by Gasteiger charge is 2.26. The van der Waals surface area contributed by atoms with Gasteiger partial charge in [0.2, 0.25) is 0 Å². The van der Waals surface area contributed by atoms with Crippen LogP contribution in [0.15, 0.2) is 18.2 Å². The van der Waals surface area contributed by atoms with Gasteiger partial charge in [-0.05, 0) is 36.6 Å². The van der Waals surface area contributed by atoms with Crippen LogP contribution in [0, 0.1) is 0 Å². The summed E-state index contributed by atoms with van der Waals surface area (Å²) in [6.07, 6.45) is 1.13. The van der Waals surface area contributed by atoms with E-state index in [9.17, 15) is 0 Å². The van der Waals surface area contributed by atoms with E-state index in [1.165, 1.54) is 11.1 Å². The molecule has 16 heavy (non-hydrogen) atoms. The fourth-order valence-corrected chi connectivity index (χ4v) is 3.39. The van der Waals surface area contributed by atoms with Crippen LogP contribution in [-0.2, 0) is 5.75 Å². The Morgan fingerprint density at radius 3 is 2.94 bits per heavy atom. The van der Waals surface area contributed by atoms with Crippen molar-refractivity contribution < 1.29 is 4.74 Å². The molecule has 2 rings (SSSR count). The number of fused-ring (bicyclic) bond motifs is 1. The highest BCUT2D eigenvalue weighted by molar-refractivity contribution is 7.99. The van der Waals surface area contributed by atoms with Crippen LogP contribution >= 0.6 is 11.8 Å². The van der Waals surface area contributed by atoms with Crippen LogP contribution in [-0.4, -0.2) is 11.9 Å². The van der Waals surface area contributed by atoms with E-state index in [1.54, 1.807) is 0 Å². The van der Waals surface area contributed by atoms with Gasteiger partial charge in [0.05, 0.1) is 6.61 Å². The van der Waals surface area contributed by atoms with Gasteiger partial charge in [-0.2, -0.15) is 11.8 Å². The van der Waals surface area contributed by atoms with Crippen molar-refractivity contribution in [2.45, 2.75) is 37.3 Å². The largest absolute Gasteiger partial charge is 0.494 e. The number of benzene rings is 1. The number of hydrogen-bond donors (Lipinski definition) is 1. The lowest BCUT2D eigenvalue weighted by atomic mass is 9.97. The number of thioether (sulfide) groups is 1. The monoisotopic (exact) mass is 237 g/mol. The molecule has 0 bridgehead atoms. The summed E-state index contributed by atoms with van der Waals surface area (Å²) >= 11 is 1.97. The zero-order chi connectivity index (χ0) is 11.5. The van der Waals surface area contributed by atoms with Crippen molar-refractivity contribution >= 4 is 11.8 Å². The molecule has 0 aromatic heterocycles. The molecule has 1 aromatic carbocycles. The van der Waals surface area contributed by atoms with Gasteiger partial charge in [-0.15, -0.1) is 0 Å². The van der Waals surface area contributed by atoms with Crippen molar-refractivity contribution in [3.05, 3.63) is 29.3 Å². The Kier molecular flexibility index (Phi) is 3.77. The number of nitrogens with two attached hydrogens (primary N) is 1. The van der Waals surface area contributed by atoms with Gasteiger partial charge in [0.25, 0.3) is 0 Å². The number of hydrogen-bond acceptors (Lipinski definition) is 3. The van der Waals surface area contributed by atoms with E-state index < -0.39 is 0 Å². The Labute approximate surface area is 102 Å². The molecule has 0 fully saturated rings. The first-order valence-corrected chi connectivity index (χ1v) is 6.94. The van der Waals surface area contributed by atoms with Crippen LogP contribution < -0.4 is 10.5 Å². The topological polar surface area (TPSA) is 35.2 Å². The van der Waals surface area contributed by atoms with Gasteiger partial charge < -0.3 is 10.5 Å². The smallest absolute Gasteiger partial charge is 0.119 e. The Morgan fingerprint density at radius 1 is 1.44 bits per heavy atom. The van der Waals surface area contributed by atoms with Gasteiger partial charge >= 0.3 is 0 Å². The first kappa shape index (κ1) is 11.8. The lowest BCUT2D eigenvalue weighted by Crippen LogP contribution is -2.27. The fourth-order valence-electron chi connectivity index (χ4n) is 2.14. The van der Waals surface area contributed by atoms with Gasteiger partial charge in [0.1, 0.15) is 5.75 Å². The van der Waals surface area contributed by atoms with Crippen LogP contribution in [0.2, 0.25) is 0 Å². The second kappa shape index (κ2) is 5.11. The van der Waals surface area contributed by atoms with Gasteiger partial charge in [-0.3, -0.25) is 0 Å². The molecule has 0 amide bonds. The van der Waals surface area contributed by atoms with E-state index >= 15 is 0 Å². The van der Waals surface area contributed by atoms with Gasteiger partial charge in [-0.1, -0.05) is 13.0 Å². The molecule has 3 heteroatoms. The summed E-state index contributed by atoms with van der Waals surface area (Å²) in [5, 5.41) is 0.546. The summed E-state index contributed by atoms with van der Waals surface area (Å²) in [5.41, 5.74) is 8.93. The predicted molar refractivity (Wildman–Crippen MR) is 69.9 cm³/mol. The molecule has 2 atom stereocenters. The molecule has 1 aliphatic rings. The van der Waals surface area contributed by atoms with Crippen molar-refractivity contribution in [3.63, 3.8) is 0 Å². The van der Waals surface area contributed by atoms with E-state index in [0.29, 0.717) is 11.9 Å². The zero-order valence-electron chi connectivity index (χ0n) is 9.90. The second-order valence-corrected chi connectivity index (χ2v) is 5.30. The molecule has 1 heterocycles. The zero-order valence-corrected chi connectivity index (χ0v) is 10.7. The van der Waals surface area contributed by atoms with Gasteiger partial charge in [0, 0.05) is 17.0 Å². The summed E-state index contributed by atoms with van der Waals surface area (Å²) in [6.45, 7) is 4.92. The summed E-state index contributed by atoms with van der Waals surface area (Å²) < 4.78 is 5.53. The highest BCUT2D eigenvalue weighted by Crippen LogP contribution is 2.39. The van der Waals surface area contributed by atoms with Crippen LogP contribution in [0.4, 0.5) is 0 Å². The third-order valence-corrected chi connectivity index (χ3v) is 4.58. The Hall–Kier alpha value is -0.670. The maximum atomic E-state index is 6.29. The molecule has 0 saturated heterocycles. The van der Waals surface area contributed by atoms with E-state index in [1.807, 2.05) is 24.8 Å². The SMILES string of the molecule is CCOc1ccc2c(c1)C(N)C(CC)SC2. The molecular weight excluding hydrogens is 218 g/mol. The van der Waals surface area contributed by atoms with Crippen LogP contribution in [0.5, 0.6) is 5.75 Å². The number of rotatable bonds is 3. The average Bonchev–Trinajstić information content (AvgIpc) is 2.31. The van der Waals surface area contributed by atoms with E-state index in [0.717, 1.165) is 17.9 Å². The maximum Gasteiger partial charge on any atom is 0.119 e. The average molecular weight is 237 g/mol. The lowest BCUT2D eigenvalue weighted by molar-refractivity contribution is 0.339. The minimum absolute atomic E-state index is 0.152. The normalized spacial score (nSPS) is 23.9. The molecule has 2 N–H and O–H groups in total. The molecule has 0 radical (unpaired) electrons. The van der Waals surface area contributed by atoms with Crippen molar-refractivity contribution in [2.24, 2.45) is 5.73 Å². The minimum Gasteiger partial charge on any atom is -0.494 e. The molecule has 1 aromatic rings. The maximum absolute atomic E-state index is 6.29. The Morgan fingerprint density at radius 2 is 2.25 bits per heavy atom. The van der Waals surface area contributed by atoms with E-state index in [-0.39, 0.29) is 6.04 Å². The highest BCUT2D eigenvalue weighted by atomic mass is 32.2. The predicted octanol–water partition coefficient (Wildman–Crippen LogP) is 3.11. The van der Waals surface area contributed by atoms with Gasteiger partial charge in [-0.25, -0.2) is 0 Å². The van der Waals surface area contributed by atoms with Crippen molar-refractivity contribution in [3.8, 4) is 5.75 Å². The molecule has 0 aliphatic carbocycles. The first-order valence-electron chi connectivity index (χ1n) is 5.89. The first-order chi connectivity index (χ1) is 7.76. The molecule has 88 valence electrons. The van der Waals surface area contributed by atoms with Crippen LogP contribution in [0.1, 0.15) is 37.4 Å². The lowest BCUT2D eigenvalue weighted by Gasteiger charge is -2.30. The standard InChI is InChI=1S/C13H19NOS/c1-3-12-13(14)11-7-10(15-4-2)6-5-9(11)8-16-12/h5-7,12-13H,3-4,8,14H2,1-2H3. The molecule has 1 aliphatic heterocycles. The third kappa shape index (κ3) is 2.20. The summed E-state index contributed by atoms with van der Waals surface area (Å²) in [4.78, 5) is 0.